The maximum absolute atomic E-state index is 12.9. The van der Waals surface area contributed by atoms with E-state index in [1.54, 1.807) is 29.7 Å². The van der Waals surface area contributed by atoms with Crippen LogP contribution < -0.4 is 15.5 Å². The van der Waals surface area contributed by atoms with Crippen molar-refractivity contribution in [2.45, 2.75) is 71.1 Å². The van der Waals surface area contributed by atoms with Crippen LogP contribution in [-0.2, 0) is 16.1 Å². The number of hydrogen-bond acceptors (Lipinski definition) is 7. The standard InChI is InChI=1S/C31H38N4O6/c1-3-4-17-40-31(38)35(19-29(36)34-39)25-13-11-24(12-14-25)33-30(37)22-9-15-26(16-10-22)41-20-23-18-21(2)32-28-8-6-5-7-27(23)28/h5-10,15-16,18,24-25,39H,3-4,11-14,17,19-20H2,1-2H3,(H,33,37)(H,34,36). The molecular weight excluding hydrogens is 524 g/mol. The number of nitrogens with one attached hydrogen (secondary N) is 2. The Kier molecular flexibility index (Phi) is 10.5. The minimum absolute atomic E-state index is 0.0532. The molecule has 4 rings (SSSR count). The molecule has 0 radical (unpaired) electrons. The monoisotopic (exact) mass is 562 g/mol. The number of para-hydroxylation sites is 1. The fraction of sp³-hybridized carbons (Fsp3) is 0.419. The van der Waals surface area contributed by atoms with E-state index < -0.39 is 12.0 Å². The molecule has 1 fully saturated rings. The van der Waals surface area contributed by atoms with Crippen molar-refractivity contribution in [3.8, 4) is 5.75 Å². The summed E-state index contributed by atoms with van der Waals surface area (Å²) in [6.07, 6.45) is 3.55. The zero-order chi connectivity index (χ0) is 29.2. The first-order valence-corrected chi connectivity index (χ1v) is 14.1. The van der Waals surface area contributed by atoms with Crippen molar-refractivity contribution >= 4 is 28.8 Å². The summed E-state index contributed by atoms with van der Waals surface area (Å²) in [4.78, 5) is 43.2. The molecule has 1 aromatic heterocycles. The molecule has 41 heavy (non-hydrogen) atoms. The third-order valence-corrected chi connectivity index (χ3v) is 7.31. The van der Waals surface area contributed by atoms with Gasteiger partial charge in [-0.05, 0) is 75.4 Å². The number of hydroxylamine groups is 1. The Balaban J connectivity index is 1.28. The minimum Gasteiger partial charge on any atom is -0.489 e. The molecule has 10 heteroatoms. The zero-order valence-electron chi connectivity index (χ0n) is 23.6. The quantitative estimate of drug-likeness (QED) is 0.172. The molecule has 2 aromatic carbocycles. The summed E-state index contributed by atoms with van der Waals surface area (Å²) in [5.41, 5.74) is 5.03. The first kappa shape index (κ1) is 29.8. The highest BCUT2D eigenvalue weighted by Gasteiger charge is 2.31. The molecule has 0 aliphatic heterocycles. The van der Waals surface area contributed by atoms with E-state index in [-0.39, 0.29) is 31.1 Å². The predicted octanol–water partition coefficient (Wildman–Crippen LogP) is 4.91. The topological polar surface area (TPSA) is 130 Å². The Morgan fingerprint density at radius 3 is 2.49 bits per heavy atom. The Bertz CT molecular complexity index is 1340. The van der Waals surface area contributed by atoms with E-state index in [0.717, 1.165) is 35.0 Å². The summed E-state index contributed by atoms with van der Waals surface area (Å²) in [5, 5.41) is 13.1. The zero-order valence-corrected chi connectivity index (χ0v) is 23.6. The Morgan fingerprint density at radius 2 is 1.78 bits per heavy atom. The Hall–Kier alpha value is -4.18. The molecule has 3 amide bonds. The fourth-order valence-electron chi connectivity index (χ4n) is 5.10. The highest BCUT2D eigenvalue weighted by atomic mass is 16.6. The van der Waals surface area contributed by atoms with Crippen molar-refractivity contribution in [2.24, 2.45) is 0 Å². The van der Waals surface area contributed by atoms with Gasteiger partial charge in [0.25, 0.3) is 11.8 Å². The van der Waals surface area contributed by atoms with E-state index >= 15 is 0 Å². The molecule has 3 N–H and O–H groups in total. The number of aryl methyl sites for hydroxylation is 1. The van der Waals surface area contributed by atoms with Gasteiger partial charge < -0.3 is 14.8 Å². The van der Waals surface area contributed by atoms with Crippen LogP contribution in [0.15, 0.2) is 54.6 Å². The van der Waals surface area contributed by atoms with Crippen molar-refractivity contribution in [1.29, 1.82) is 0 Å². The van der Waals surface area contributed by atoms with E-state index in [1.807, 2.05) is 44.2 Å². The van der Waals surface area contributed by atoms with Crippen molar-refractivity contribution in [3.05, 3.63) is 71.4 Å². The number of rotatable bonds is 11. The molecule has 1 heterocycles. The molecule has 3 aromatic rings. The van der Waals surface area contributed by atoms with Gasteiger partial charge in [-0.1, -0.05) is 31.5 Å². The smallest absolute Gasteiger partial charge is 0.410 e. The molecule has 1 aliphatic rings. The maximum Gasteiger partial charge on any atom is 0.410 e. The second kappa shape index (κ2) is 14.5. The number of unbranched alkanes of at least 4 members (excludes halogenated alkanes) is 1. The van der Waals surface area contributed by atoms with Crippen molar-refractivity contribution in [2.75, 3.05) is 13.2 Å². The van der Waals surface area contributed by atoms with Crippen LogP contribution in [0.3, 0.4) is 0 Å². The number of benzene rings is 2. The molecule has 1 saturated carbocycles. The van der Waals surface area contributed by atoms with Crippen LogP contribution in [0.1, 0.15) is 67.1 Å². The molecular formula is C31H38N4O6. The summed E-state index contributed by atoms with van der Waals surface area (Å²) in [6.45, 7) is 4.34. The molecule has 1 aliphatic carbocycles. The van der Waals surface area contributed by atoms with Gasteiger partial charge in [-0.2, -0.15) is 0 Å². The van der Waals surface area contributed by atoms with E-state index in [0.29, 0.717) is 43.6 Å². The van der Waals surface area contributed by atoms with Crippen molar-refractivity contribution in [1.82, 2.24) is 20.7 Å². The molecule has 0 bridgehead atoms. The number of aromatic nitrogens is 1. The van der Waals surface area contributed by atoms with Gasteiger partial charge in [-0.25, -0.2) is 10.3 Å². The van der Waals surface area contributed by atoms with Gasteiger partial charge in [-0.3, -0.25) is 24.7 Å². The summed E-state index contributed by atoms with van der Waals surface area (Å²) in [7, 11) is 0. The fourth-order valence-corrected chi connectivity index (χ4v) is 5.10. The summed E-state index contributed by atoms with van der Waals surface area (Å²) in [5.74, 6) is -0.186. The van der Waals surface area contributed by atoms with E-state index in [4.69, 9.17) is 14.7 Å². The van der Waals surface area contributed by atoms with Gasteiger partial charge in [0, 0.05) is 34.3 Å². The van der Waals surface area contributed by atoms with Crippen LogP contribution in [0.5, 0.6) is 5.75 Å². The number of hydrogen-bond donors (Lipinski definition) is 3. The van der Waals surface area contributed by atoms with Crippen LogP contribution in [0.4, 0.5) is 4.79 Å². The average Bonchev–Trinajstić information content (AvgIpc) is 2.99. The van der Waals surface area contributed by atoms with Gasteiger partial charge in [0.05, 0.1) is 12.1 Å². The highest BCUT2D eigenvalue weighted by Crippen LogP contribution is 2.25. The molecule has 218 valence electrons. The molecule has 0 saturated heterocycles. The second-order valence-electron chi connectivity index (χ2n) is 10.4. The van der Waals surface area contributed by atoms with Crippen LogP contribution in [0.2, 0.25) is 0 Å². The Morgan fingerprint density at radius 1 is 1.05 bits per heavy atom. The van der Waals surface area contributed by atoms with Gasteiger partial charge in [0.1, 0.15) is 18.9 Å². The van der Waals surface area contributed by atoms with E-state index in [9.17, 15) is 14.4 Å². The van der Waals surface area contributed by atoms with Gasteiger partial charge in [0.15, 0.2) is 0 Å². The number of pyridine rings is 1. The summed E-state index contributed by atoms with van der Waals surface area (Å²) >= 11 is 0. The number of fused-ring (bicyclic) bond motifs is 1. The number of carbonyl (C=O) groups is 3. The number of ether oxygens (including phenoxy) is 2. The lowest BCUT2D eigenvalue weighted by Crippen LogP contribution is -2.49. The van der Waals surface area contributed by atoms with Gasteiger partial charge >= 0.3 is 6.09 Å². The number of amides is 3. The predicted molar refractivity (Wildman–Crippen MR) is 154 cm³/mol. The highest BCUT2D eigenvalue weighted by molar-refractivity contribution is 5.94. The molecule has 0 atom stereocenters. The molecule has 0 unspecified atom stereocenters. The van der Waals surface area contributed by atoms with Crippen LogP contribution in [0, 0.1) is 6.92 Å². The first-order chi connectivity index (χ1) is 19.9. The van der Waals surface area contributed by atoms with Crippen LogP contribution in [-0.4, -0.2) is 58.2 Å². The van der Waals surface area contributed by atoms with E-state index in [2.05, 4.69) is 10.3 Å². The lowest BCUT2D eigenvalue weighted by Gasteiger charge is -2.36. The van der Waals surface area contributed by atoms with E-state index in [1.165, 1.54) is 4.90 Å². The lowest BCUT2D eigenvalue weighted by atomic mass is 9.90. The maximum atomic E-state index is 12.9. The normalized spacial score (nSPS) is 16.6. The van der Waals surface area contributed by atoms with Gasteiger partial charge in [-0.15, -0.1) is 0 Å². The molecule has 10 nitrogen and oxygen atoms in total. The average molecular weight is 563 g/mol. The number of nitrogens with zero attached hydrogens (tertiary/aromatic N) is 2. The Labute approximate surface area is 240 Å². The minimum atomic E-state index is -0.676. The third-order valence-electron chi connectivity index (χ3n) is 7.31. The van der Waals surface area contributed by atoms with Crippen LogP contribution in [0.25, 0.3) is 10.9 Å². The lowest BCUT2D eigenvalue weighted by molar-refractivity contribution is -0.130. The number of carbonyl (C=O) groups excluding carboxylic acids is 3. The second-order valence-corrected chi connectivity index (χ2v) is 10.4. The summed E-state index contributed by atoms with van der Waals surface area (Å²) < 4.78 is 11.3. The third kappa shape index (κ3) is 8.17. The SMILES string of the molecule is CCCCOC(=O)N(CC(=O)NO)C1CCC(NC(=O)c2ccc(OCc3cc(C)nc4ccccc34)cc2)CC1. The molecule has 0 spiro atoms. The van der Waals surface area contributed by atoms with Crippen molar-refractivity contribution in [3.63, 3.8) is 0 Å². The first-order valence-electron chi connectivity index (χ1n) is 14.1. The largest absolute Gasteiger partial charge is 0.489 e. The summed E-state index contributed by atoms with van der Waals surface area (Å²) in [6, 6.07) is 16.8. The van der Waals surface area contributed by atoms with Crippen LogP contribution >= 0.6 is 0 Å². The van der Waals surface area contributed by atoms with Gasteiger partial charge in [0.2, 0.25) is 0 Å². The van der Waals surface area contributed by atoms with Crippen molar-refractivity contribution < 1.29 is 29.1 Å².